The predicted octanol–water partition coefficient (Wildman–Crippen LogP) is 3.08. The van der Waals surface area contributed by atoms with E-state index in [4.69, 9.17) is 4.74 Å². The van der Waals surface area contributed by atoms with E-state index in [0.29, 0.717) is 12.2 Å². The summed E-state index contributed by atoms with van der Waals surface area (Å²) in [6.45, 7) is 6.15. The average molecular weight is 304 g/mol. The minimum Gasteiger partial charge on any atom is -0.462 e. The lowest BCUT2D eigenvalue weighted by Crippen LogP contribution is -2.08. The number of carbonyl (C=O) groups excluding carboxylic acids is 1. The summed E-state index contributed by atoms with van der Waals surface area (Å²) >= 11 is 2.23. The molecule has 0 amide bonds. The van der Waals surface area contributed by atoms with Crippen molar-refractivity contribution in [2.75, 3.05) is 6.61 Å². The Morgan fingerprint density at radius 3 is 2.64 bits per heavy atom. The zero-order chi connectivity index (χ0) is 10.7. The van der Waals surface area contributed by atoms with Gasteiger partial charge in [-0.2, -0.15) is 0 Å². The first kappa shape index (κ1) is 11.5. The highest BCUT2D eigenvalue weighted by atomic mass is 127. The summed E-state index contributed by atoms with van der Waals surface area (Å²) in [5.41, 5.74) is 2.76. The van der Waals surface area contributed by atoms with Crippen molar-refractivity contribution in [2.24, 2.45) is 0 Å². The van der Waals surface area contributed by atoms with Crippen LogP contribution in [0.5, 0.6) is 0 Å². The van der Waals surface area contributed by atoms with Crippen LogP contribution in [-0.2, 0) is 4.74 Å². The van der Waals surface area contributed by atoms with E-state index >= 15 is 0 Å². The highest BCUT2D eigenvalue weighted by Gasteiger charge is 2.12. The molecule has 0 aliphatic rings. The largest absolute Gasteiger partial charge is 0.462 e. The molecule has 0 aromatic heterocycles. The van der Waals surface area contributed by atoms with Gasteiger partial charge in [-0.05, 0) is 66.6 Å². The van der Waals surface area contributed by atoms with Gasteiger partial charge in [0.25, 0.3) is 0 Å². The monoisotopic (exact) mass is 304 g/mol. The zero-order valence-electron chi connectivity index (χ0n) is 8.56. The third-order valence-electron chi connectivity index (χ3n) is 1.98. The minimum absolute atomic E-state index is 0.230. The molecule has 0 spiro atoms. The summed E-state index contributed by atoms with van der Waals surface area (Å²) in [6.07, 6.45) is 0. The van der Waals surface area contributed by atoms with Crippen molar-refractivity contribution in [3.63, 3.8) is 0 Å². The fourth-order valence-corrected chi connectivity index (χ4v) is 2.02. The molecule has 1 rings (SSSR count). The quantitative estimate of drug-likeness (QED) is 0.620. The number of hydrogen-bond acceptors (Lipinski definition) is 2. The van der Waals surface area contributed by atoms with E-state index < -0.39 is 0 Å². The van der Waals surface area contributed by atoms with Crippen LogP contribution in [0.2, 0.25) is 0 Å². The standard InChI is InChI=1S/C11H13IO2/c1-4-14-11(13)9-5-7(2)6-10(12)8(9)3/h5-6H,4H2,1-3H3. The number of carbonyl (C=O) groups is 1. The number of rotatable bonds is 2. The zero-order valence-corrected chi connectivity index (χ0v) is 10.7. The Morgan fingerprint density at radius 2 is 2.07 bits per heavy atom. The third kappa shape index (κ3) is 2.47. The predicted molar refractivity (Wildman–Crippen MR) is 64.6 cm³/mol. The number of hydrogen-bond donors (Lipinski definition) is 0. The van der Waals surface area contributed by atoms with Gasteiger partial charge < -0.3 is 4.74 Å². The van der Waals surface area contributed by atoms with Crippen LogP contribution < -0.4 is 0 Å². The van der Waals surface area contributed by atoms with Crippen molar-refractivity contribution < 1.29 is 9.53 Å². The van der Waals surface area contributed by atoms with Gasteiger partial charge in [0.05, 0.1) is 12.2 Å². The SMILES string of the molecule is CCOC(=O)c1cc(C)cc(I)c1C. The van der Waals surface area contributed by atoms with Crippen molar-refractivity contribution >= 4 is 28.6 Å². The molecule has 76 valence electrons. The molecule has 0 heterocycles. The first-order chi connectivity index (χ1) is 6.56. The van der Waals surface area contributed by atoms with Gasteiger partial charge >= 0.3 is 5.97 Å². The van der Waals surface area contributed by atoms with Crippen LogP contribution in [0.1, 0.15) is 28.4 Å². The molecule has 1 aromatic rings. The smallest absolute Gasteiger partial charge is 0.338 e. The van der Waals surface area contributed by atoms with Crippen LogP contribution in [0.4, 0.5) is 0 Å². The number of ether oxygens (including phenoxy) is 1. The molecule has 0 bridgehead atoms. The average Bonchev–Trinajstić information content (AvgIpc) is 2.11. The molecular formula is C11H13IO2. The van der Waals surface area contributed by atoms with E-state index in [9.17, 15) is 4.79 Å². The molecule has 0 radical (unpaired) electrons. The van der Waals surface area contributed by atoms with Crippen LogP contribution in [0.25, 0.3) is 0 Å². The van der Waals surface area contributed by atoms with Crippen LogP contribution in [0, 0.1) is 17.4 Å². The molecule has 0 saturated heterocycles. The van der Waals surface area contributed by atoms with E-state index in [2.05, 4.69) is 28.7 Å². The lowest BCUT2D eigenvalue weighted by atomic mass is 10.1. The summed E-state index contributed by atoms with van der Waals surface area (Å²) in [5, 5.41) is 0. The fourth-order valence-electron chi connectivity index (χ4n) is 1.24. The number of aryl methyl sites for hydroxylation is 1. The van der Waals surface area contributed by atoms with Crippen molar-refractivity contribution in [1.29, 1.82) is 0 Å². The van der Waals surface area contributed by atoms with Crippen molar-refractivity contribution in [1.82, 2.24) is 0 Å². The van der Waals surface area contributed by atoms with E-state index in [1.807, 2.05) is 26.8 Å². The second-order valence-corrected chi connectivity index (χ2v) is 4.30. The Labute approximate surface area is 97.8 Å². The maximum Gasteiger partial charge on any atom is 0.338 e. The lowest BCUT2D eigenvalue weighted by Gasteiger charge is -2.08. The molecule has 0 fully saturated rings. The molecule has 2 nitrogen and oxygen atoms in total. The van der Waals surface area contributed by atoms with Gasteiger partial charge in [-0.15, -0.1) is 0 Å². The normalized spacial score (nSPS) is 10.0. The summed E-state index contributed by atoms with van der Waals surface area (Å²) < 4.78 is 6.08. The summed E-state index contributed by atoms with van der Waals surface area (Å²) in [6, 6.07) is 3.92. The fraction of sp³-hybridized carbons (Fsp3) is 0.364. The van der Waals surface area contributed by atoms with E-state index in [1.54, 1.807) is 0 Å². The van der Waals surface area contributed by atoms with Gasteiger partial charge in [0, 0.05) is 3.57 Å². The summed E-state index contributed by atoms with van der Waals surface area (Å²) in [4.78, 5) is 11.5. The number of benzene rings is 1. The first-order valence-corrected chi connectivity index (χ1v) is 5.58. The van der Waals surface area contributed by atoms with Gasteiger partial charge in [-0.25, -0.2) is 4.79 Å². The van der Waals surface area contributed by atoms with Gasteiger partial charge in [0.15, 0.2) is 0 Å². The highest BCUT2D eigenvalue weighted by Crippen LogP contribution is 2.19. The first-order valence-electron chi connectivity index (χ1n) is 4.50. The minimum atomic E-state index is -0.230. The number of halogens is 1. The Balaban J connectivity index is 3.13. The molecule has 0 atom stereocenters. The van der Waals surface area contributed by atoms with Gasteiger partial charge in [0.2, 0.25) is 0 Å². The third-order valence-corrected chi connectivity index (χ3v) is 3.10. The molecule has 14 heavy (non-hydrogen) atoms. The molecule has 0 aliphatic heterocycles. The molecule has 0 saturated carbocycles. The molecule has 3 heteroatoms. The van der Waals surface area contributed by atoms with E-state index in [-0.39, 0.29) is 5.97 Å². The Kier molecular flexibility index (Phi) is 3.92. The van der Waals surface area contributed by atoms with Crippen molar-refractivity contribution in [2.45, 2.75) is 20.8 Å². The molecule has 1 aromatic carbocycles. The van der Waals surface area contributed by atoms with Gasteiger partial charge in [-0.1, -0.05) is 0 Å². The summed E-state index contributed by atoms with van der Waals surface area (Å²) in [7, 11) is 0. The Morgan fingerprint density at radius 1 is 1.43 bits per heavy atom. The second kappa shape index (κ2) is 4.77. The Hall–Kier alpha value is -0.580. The molecule has 0 unspecified atom stereocenters. The van der Waals surface area contributed by atoms with Crippen LogP contribution in [-0.4, -0.2) is 12.6 Å². The summed E-state index contributed by atoms with van der Waals surface area (Å²) in [5.74, 6) is -0.230. The van der Waals surface area contributed by atoms with E-state index in [0.717, 1.165) is 14.7 Å². The molecule has 0 N–H and O–H groups in total. The maximum absolute atomic E-state index is 11.5. The van der Waals surface area contributed by atoms with Crippen LogP contribution >= 0.6 is 22.6 Å². The highest BCUT2D eigenvalue weighted by molar-refractivity contribution is 14.1. The molecule has 0 aliphatic carbocycles. The molecular weight excluding hydrogens is 291 g/mol. The second-order valence-electron chi connectivity index (χ2n) is 3.14. The Bertz CT molecular complexity index is 359. The lowest BCUT2D eigenvalue weighted by molar-refractivity contribution is 0.0525. The van der Waals surface area contributed by atoms with Crippen molar-refractivity contribution in [3.05, 3.63) is 32.4 Å². The van der Waals surface area contributed by atoms with Crippen LogP contribution in [0.15, 0.2) is 12.1 Å². The van der Waals surface area contributed by atoms with Crippen molar-refractivity contribution in [3.8, 4) is 0 Å². The van der Waals surface area contributed by atoms with Gasteiger partial charge in [-0.3, -0.25) is 0 Å². The van der Waals surface area contributed by atoms with Crippen LogP contribution in [0.3, 0.4) is 0 Å². The maximum atomic E-state index is 11.5. The van der Waals surface area contributed by atoms with E-state index in [1.165, 1.54) is 0 Å². The topological polar surface area (TPSA) is 26.3 Å². The number of esters is 1. The van der Waals surface area contributed by atoms with Gasteiger partial charge in [0.1, 0.15) is 0 Å².